The number of piperidine rings is 1. The number of hydrogen-bond donors (Lipinski definition) is 1. The van der Waals surface area contributed by atoms with Gasteiger partial charge in [0.05, 0.1) is 7.11 Å². The Balaban J connectivity index is 2.34. The molecule has 1 fully saturated rings. The average Bonchev–Trinajstić information content (AvgIpc) is 2.40. The Morgan fingerprint density at radius 2 is 2.21 bits per heavy atom. The van der Waals surface area contributed by atoms with Crippen molar-refractivity contribution in [3.05, 3.63) is 28.2 Å². The van der Waals surface area contributed by atoms with Gasteiger partial charge >= 0.3 is 0 Å². The molecule has 1 aliphatic heterocycles. The molecular weight excluding hydrogens is 304 g/mol. The van der Waals surface area contributed by atoms with E-state index < -0.39 is 0 Å². The van der Waals surface area contributed by atoms with Crippen molar-refractivity contribution in [2.75, 3.05) is 34.3 Å². The molecule has 1 aromatic carbocycles. The van der Waals surface area contributed by atoms with Crippen LogP contribution in [0.3, 0.4) is 0 Å². The predicted molar refractivity (Wildman–Crippen MR) is 82.7 cm³/mol. The Kier molecular flexibility index (Phi) is 5.25. The van der Waals surface area contributed by atoms with Crippen molar-refractivity contribution in [1.82, 2.24) is 10.2 Å². The Hall–Kier alpha value is -0.580. The lowest BCUT2D eigenvalue weighted by Gasteiger charge is -2.36. The number of benzene rings is 1. The van der Waals surface area contributed by atoms with Crippen LogP contribution < -0.4 is 10.1 Å². The van der Waals surface area contributed by atoms with Crippen molar-refractivity contribution in [3.8, 4) is 5.75 Å². The monoisotopic (exact) mass is 326 g/mol. The highest BCUT2D eigenvalue weighted by atomic mass is 79.9. The summed E-state index contributed by atoms with van der Waals surface area (Å²) in [7, 11) is 6.05. The van der Waals surface area contributed by atoms with Gasteiger partial charge in [-0.25, -0.2) is 0 Å². The summed E-state index contributed by atoms with van der Waals surface area (Å²) in [4.78, 5) is 2.31. The van der Waals surface area contributed by atoms with E-state index in [-0.39, 0.29) is 0 Å². The van der Waals surface area contributed by atoms with E-state index in [2.05, 4.69) is 46.3 Å². The quantitative estimate of drug-likeness (QED) is 0.920. The van der Waals surface area contributed by atoms with Gasteiger partial charge in [0, 0.05) is 16.1 Å². The molecule has 1 N–H and O–H groups in total. The normalized spacial score (nSPS) is 21.4. The van der Waals surface area contributed by atoms with Crippen molar-refractivity contribution in [2.45, 2.75) is 18.9 Å². The lowest BCUT2D eigenvalue weighted by Crippen LogP contribution is -2.38. The Morgan fingerprint density at radius 1 is 1.42 bits per heavy atom. The molecule has 0 saturated carbocycles. The fourth-order valence-electron chi connectivity index (χ4n) is 3.04. The Bertz CT molecular complexity index is 417. The summed E-state index contributed by atoms with van der Waals surface area (Å²) < 4.78 is 6.66. The fourth-order valence-corrected chi connectivity index (χ4v) is 3.42. The zero-order valence-electron chi connectivity index (χ0n) is 11.9. The van der Waals surface area contributed by atoms with Gasteiger partial charge in [-0.05, 0) is 64.1 Å². The van der Waals surface area contributed by atoms with E-state index in [1.807, 2.05) is 12.1 Å². The Morgan fingerprint density at radius 3 is 2.79 bits per heavy atom. The summed E-state index contributed by atoms with van der Waals surface area (Å²) >= 11 is 3.58. The largest absolute Gasteiger partial charge is 0.496 e. The minimum atomic E-state index is 0.389. The van der Waals surface area contributed by atoms with Gasteiger partial charge in [-0.15, -0.1) is 0 Å². The molecule has 2 rings (SSSR count). The zero-order valence-corrected chi connectivity index (χ0v) is 13.5. The number of ether oxygens (including phenoxy) is 1. The molecule has 1 saturated heterocycles. The number of hydrogen-bond acceptors (Lipinski definition) is 3. The van der Waals surface area contributed by atoms with Gasteiger partial charge in [-0.2, -0.15) is 0 Å². The van der Waals surface area contributed by atoms with Crippen LogP contribution in [-0.2, 0) is 0 Å². The summed E-state index contributed by atoms with van der Waals surface area (Å²) in [5.41, 5.74) is 1.27. The average molecular weight is 327 g/mol. The lowest BCUT2D eigenvalue weighted by atomic mass is 9.86. The molecule has 19 heavy (non-hydrogen) atoms. The molecule has 4 heteroatoms. The van der Waals surface area contributed by atoms with Gasteiger partial charge in [0.2, 0.25) is 0 Å². The fraction of sp³-hybridized carbons (Fsp3) is 0.600. The molecule has 2 unspecified atom stereocenters. The second-order valence-electron chi connectivity index (χ2n) is 5.40. The summed E-state index contributed by atoms with van der Waals surface area (Å²) in [5, 5.41) is 3.51. The van der Waals surface area contributed by atoms with Gasteiger partial charge < -0.3 is 15.0 Å². The van der Waals surface area contributed by atoms with Crippen LogP contribution in [0.2, 0.25) is 0 Å². The van der Waals surface area contributed by atoms with Crippen LogP contribution >= 0.6 is 15.9 Å². The van der Waals surface area contributed by atoms with E-state index in [0.717, 1.165) is 23.3 Å². The van der Waals surface area contributed by atoms with Crippen LogP contribution in [0, 0.1) is 5.92 Å². The van der Waals surface area contributed by atoms with E-state index in [1.165, 1.54) is 18.4 Å². The summed E-state index contributed by atoms with van der Waals surface area (Å²) in [6.07, 6.45) is 2.52. The van der Waals surface area contributed by atoms with E-state index in [1.54, 1.807) is 7.11 Å². The number of rotatable bonds is 4. The minimum Gasteiger partial charge on any atom is -0.496 e. The first-order valence-corrected chi connectivity index (χ1v) is 7.63. The van der Waals surface area contributed by atoms with Crippen LogP contribution in [0.5, 0.6) is 5.75 Å². The summed E-state index contributed by atoms with van der Waals surface area (Å²) in [6.45, 7) is 2.23. The molecule has 106 valence electrons. The van der Waals surface area contributed by atoms with Crippen LogP contribution in [0.4, 0.5) is 0 Å². The van der Waals surface area contributed by atoms with Crippen LogP contribution in [-0.4, -0.2) is 39.2 Å². The first-order chi connectivity index (χ1) is 9.13. The van der Waals surface area contributed by atoms with Crippen molar-refractivity contribution < 1.29 is 4.74 Å². The molecule has 2 atom stereocenters. The molecule has 1 aliphatic rings. The van der Waals surface area contributed by atoms with Crippen LogP contribution in [0.25, 0.3) is 0 Å². The first-order valence-electron chi connectivity index (χ1n) is 6.84. The van der Waals surface area contributed by atoms with Crippen molar-refractivity contribution in [2.24, 2.45) is 5.92 Å². The van der Waals surface area contributed by atoms with E-state index in [4.69, 9.17) is 4.74 Å². The minimum absolute atomic E-state index is 0.389. The number of methoxy groups -OCH3 is 1. The highest BCUT2D eigenvalue weighted by molar-refractivity contribution is 9.10. The molecule has 0 aromatic heterocycles. The maximum absolute atomic E-state index is 5.55. The molecule has 0 radical (unpaired) electrons. The van der Waals surface area contributed by atoms with Gasteiger partial charge in [-0.3, -0.25) is 0 Å². The maximum atomic E-state index is 5.55. The predicted octanol–water partition coefficient (Wildman–Crippen LogP) is 3.06. The highest BCUT2D eigenvalue weighted by Gasteiger charge is 2.29. The van der Waals surface area contributed by atoms with E-state index in [9.17, 15) is 0 Å². The van der Waals surface area contributed by atoms with Crippen molar-refractivity contribution in [3.63, 3.8) is 0 Å². The topological polar surface area (TPSA) is 24.5 Å². The molecule has 1 heterocycles. The summed E-state index contributed by atoms with van der Waals surface area (Å²) in [5.74, 6) is 1.61. The molecule has 0 spiro atoms. The summed E-state index contributed by atoms with van der Waals surface area (Å²) in [6, 6.07) is 6.67. The lowest BCUT2D eigenvalue weighted by molar-refractivity contribution is 0.177. The molecule has 3 nitrogen and oxygen atoms in total. The van der Waals surface area contributed by atoms with Gasteiger partial charge in [-0.1, -0.05) is 15.9 Å². The third-order valence-electron chi connectivity index (χ3n) is 3.85. The third-order valence-corrected chi connectivity index (χ3v) is 4.34. The SMILES string of the molecule is COc1ccc(Br)cc1C(C1CCCNC1)N(C)C. The maximum Gasteiger partial charge on any atom is 0.123 e. The number of nitrogens with zero attached hydrogens (tertiary/aromatic N) is 1. The molecule has 0 bridgehead atoms. The smallest absolute Gasteiger partial charge is 0.123 e. The van der Waals surface area contributed by atoms with Crippen LogP contribution in [0.1, 0.15) is 24.4 Å². The van der Waals surface area contributed by atoms with Gasteiger partial charge in [0.1, 0.15) is 5.75 Å². The molecule has 1 aromatic rings. The van der Waals surface area contributed by atoms with Gasteiger partial charge in [0.15, 0.2) is 0 Å². The van der Waals surface area contributed by atoms with Crippen LogP contribution in [0.15, 0.2) is 22.7 Å². The van der Waals surface area contributed by atoms with Gasteiger partial charge in [0.25, 0.3) is 0 Å². The molecule has 0 aliphatic carbocycles. The number of halogens is 1. The Labute approximate surface area is 124 Å². The second kappa shape index (κ2) is 6.73. The van der Waals surface area contributed by atoms with Crippen molar-refractivity contribution >= 4 is 15.9 Å². The van der Waals surface area contributed by atoms with Crippen molar-refractivity contribution in [1.29, 1.82) is 0 Å². The number of nitrogens with one attached hydrogen (secondary N) is 1. The van der Waals surface area contributed by atoms with E-state index >= 15 is 0 Å². The first kappa shape index (κ1) is 14.8. The standard InChI is InChI=1S/C15H23BrN2O/c1-18(2)15(11-5-4-8-17-10-11)13-9-12(16)6-7-14(13)19-3/h6-7,9,11,15,17H,4-5,8,10H2,1-3H3. The molecule has 0 amide bonds. The second-order valence-corrected chi connectivity index (χ2v) is 6.32. The van der Waals surface area contributed by atoms with E-state index in [0.29, 0.717) is 12.0 Å². The third kappa shape index (κ3) is 3.50. The molecular formula is C15H23BrN2O. The zero-order chi connectivity index (χ0) is 13.8. The highest BCUT2D eigenvalue weighted by Crippen LogP contribution is 2.37.